The molecule has 0 radical (unpaired) electrons. The first kappa shape index (κ1) is 16.6. The van der Waals surface area contributed by atoms with Gasteiger partial charge in [0.2, 0.25) is 0 Å². The van der Waals surface area contributed by atoms with Gasteiger partial charge in [0.15, 0.2) is 0 Å². The van der Waals surface area contributed by atoms with Gasteiger partial charge >= 0.3 is 11.6 Å². The molecule has 6 heteroatoms. The van der Waals surface area contributed by atoms with E-state index in [0.29, 0.717) is 28.0 Å². The second-order valence-electron chi connectivity index (χ2n) is 5.34. The third kappa shape index (κ3) is 3.98. The summed E-state index contributed by atoms with van der Waals surface area (Å²) < 4.78 is 20.8. The Morgan fingerprint density at radius 2 is 2.00 bits per heavy atom. The molecule has 0 atom stereocenters. The lowest BCUT2D eigenvalue weighted by Crippen LogP contribution is -2.05. The molecule has 0 amide bonds. The highest BCUT2D eigenvalue weighted by Gasteiger charge is 2.09. The van der Waals surface area contributed by atoms with Crippen LogP contribution in [-0.2, 0) is 16.1 Å². The van der Waals surface area contributed by atoms with Crippen molar-refractivity contribution < 1.29 is 23.1 Å². The molecule has 128 valence electrons. The first-order valence-electron chi connectivity index (χ1n) is 7.57. The quantitative estimate of drug-likeness (QED) is 0.402. The first-order chi connectivity index (χ1) is 12.0. The zero-order valence-corrected chi connectivity index (χ0v) is 13.8. The lowest BCUT2D eigenvalue weighted by molar-refractivity contribution is -0.138. The van der Waals surface area contributed by atoms with Crippen molar-refractivity contribution in [2.75, 3.05) is 7.11 Å². The van der Waals surface area contributed by atoms with Gasteiger partial charge in [-0.1, -0.05) is 0 Å². The molecule has 2 heterocycles. The average Bonchev–Trinajstić information content (AvgIpc) is 3.02. The Kier molecular flexibility index (Phi) is 4.70. The molecule has 6 nitrogen and oxygen atoms in total. The Labute approximate surface area is 143 Å². The number of fused-ring (bicyclic) bond motifs is 1. The van der Waals surface area contributed by atoms with Crippen molar-refractivity contribution in [1.29, 1.82) is 0 Å². The van der Waals surface area contributed by atoms with Gasteiger partial charge in [-0.3, -0.25) is 0 Å². The number of furan rings is 1. The Bertz CT molecular complexity index is 993. The van der Waals surface area contributed by atoms with Gasteiger partial charge < -0.3 is 18.3 Å². The fourth-order valence-corrected chi connectivity index (χ4v) is 2.35. The zero-order chi connectivity index (χ0) is 17.8. The molecule has 0 aliphatic rings. The van der Waals surface area contributed by atoms with Gasteiger partial charge in [-0.05, 0) is 37.3 Å². The maximum Gasteiger partial charge on any atom is 0.336 e. The number of methoxy groups -OCH3 is 1. The molecule has 0 unspecified atom stereocenters. The minimum absolute atomic E-state index is 0.0468. The lowest BCUT2D eigenvalue weighted by atomic mass is 10.1. The predicted molar refractivity (Wildman–Crippen MR) is 91.3 cm³/mol. The molecule has 0 saturated carbocycles. The molecule has 0 spiro atoms. The number of ether oxygens (including phenoxy) is 2. The van der Waals surface area contributed by atoms with Crippen molar-refractivity contribution in [3.8, 4) is 5.75 Å². The van der Waals surface area contributed by atoms with Crippen LogP contribution in [0.4, 0.5) is 0 Å². The summed E-state index contributed by atoms with van der Waals surface area (Å²) in [6, 6.07) is 9.97. The van der Waals surface area contributed by atoms with E-state index in [4.69, 9.17) is 18.3 Å². The fourth-order valence-electron chi connectivity index (χ4n) is 2.35. The molecule has 0 aliphatic heterocycles. The molecule has 3 rings (SSSR count). The van der Waals surface area contributed by atoms with Gasteiger partial charge in [-0.25, -0.2) is 9.59 Å². The summed E-state index contributed by atoms with van der Waals surface area (Å²) >= 11 is 0. The van der Waals surface area contributed by atoms with E-state index in [-0.39, 0.29) is 6.61 Å². The fraction of sp³-hybridized carbons (Fsp3) is 0.158. The van der Waals surface area contributed by atoms with Gasteiger partial charge in [-0.15, -0.1) is 0 Å². The van der Waals surface area contributed by atoms with E-state index >= 15 is 0 Å². The van der Waals surface area contributed by atoms with Crippen LogP contribution in [0.25, 0.3) is 17.0 Å². The van der Waals surface area contributed by atoms with Crippen LogP contribution in [0.3, 0.4) is 0 Å². The second kappa shape index (κ2) is 7.09. The van der Waals surface area contributed by atoms with Gasteiger partial charge in [0.25, 0.3) is 0 Å². The van der Waals surface area contributed by atoms with Crippen LogP contribution in [0.5, 0.6) is 5.75 Å². The Hall–Kier alpha value is -3.28. The Morgan fingerprint density at radius 1 is 1.16 bits per heavy atom. The Morgan fingerprint density at radius 3 is 2.72 bits per heavy atom. The van der Waals surface area contributed by atoms with Crippen molar-refractivity contribution in [2.45, 2.75) is 13.5 Å². The number of rotatable bonds is 5. The maximum atomic E-state index is 11.8. The molecule has 3 aromatic rings. The van der Waals surface area contributed by atoms with E-state index in [0.717, 1.165) is 5.76 Å². The van der Waals surface area contributed by atoms with Crippen molar-refractivity contribution in [2.24, 2.45) is 0 Å². The molecular formula is C19H16O6. The number of carbonyl (C=O) groups is 1. The van der Waals surface area contributed by atoms with E-state index in [2.05, 4.69) is 0 Å². The smallest absolute Gasteiger partial charge is 0.336 e. The number of hydrogen-bond acceptors (Lipinski definition) is 6. The van der Waals surface area contributed by atoms with E-state index in [1.54, 1.807) is 30.3 Å². The normalized spacial score (nSPS) is 11.1. The summed E-state index contributed by atoms with van der Waals surface area (Å²) in [4.78, 5) is 23.5. The number of esters is 1. The van der Waals surface area contributed by atoms with Crippen LogP contribution >= 0.6 is 0 Å². The molecule has 0 fully saturated rings. The zero-order valence-electron chi connectivity index (χ0n) is 13.8. The number of benzene rings is 1. The number of carbonyl (C=O) groups excluding carboxylic acids is 1. The van der Waals surface area contributed by atoms with Gasteiger partial charge in [0.1, 0.15) is 29.5 Å². The van der Waals surface area contributed by atoms with Crippen LogP contribution in [-0.4, -0.2) is 13.1 Å². The summed E-state index contributed by atoms with van der Waals surface area (Å²) in [6.45, 7) is 1.77. The highest BCUT2D eigenvalue weighted by molar-refractivity contribution is 5.87. The maximum absolute atomic E-state index is 11.8. The third-order valence-electron chi connectivity index (χ3n) is 3.55. The van der Waals surface area contributed by atoms with Crippen LogP contribution < -0.4 is 10.4 Å². The summed E-state index contributed by atoms with van der Waals surface area (Å²) in [7, 11) is 1.53. The summed E-state index contributed by atoms with van der Waals surface area (Å²) in [5.74, 6) is 1.35. The molecule has 0 bridgehead atoms. The SMILES string of the molecule is COc1ccc2c(COC(=O)C=Cc3ccc(C)o3)cc(=O)oc2c1. The molecule has 2 aromatic heterocycles. The van der Waals surface area contributed by atoms with Crippen LogP contribution in [0.15, 0.2) is 56.1 Å². The summed E-state index contributed by atoms with van der Waals surface area (Å²) in [6.07, 6.45) is 2.80. The van der Waals surface area contributed by atoms with Crippen molar-refractivity contribution in [3.05, 3.63) is 70.0 Å². The van der Waals surface area contributed by atoms with Crippen LogP contribution in [0.2, 0.25) is 0 Å². The third-order valence-corrected chi connectivity index (χ3v) is 3.55. The molecule has 25 heavy (non-hydrogen) atoms. The van der Waals surface area contributed by atoms with Crippen molar-refractivity contribution in [3.63, 3.8) is 0 Å². The van der Waals surface area contributed by atoms with Crippen molar-refractivity contribution >= 4 is 23.0 Å². The van der Waals surface area contributed by atoms with Crippen molar-refractivity contribution in [1.82, 2.24) is 0 Å². The lowest BCUT2D eigenvalue weighted by Gasteiger charge is -2.07. The molecule has 1 aromatic carbocycles. The Balaban J connectivity index is 1.75. The van der Waals surface area contributed by atoms with Gasteiger partial charge in [0, 0.05) is 29.2 Å². The van der Waals surface area contributed by atoms with E-state index in [1.165, 1.54) is 25.3 Å². The van der Waals surface area contributed by atoms with E-state index in [1.807, 2.05) is 6.92 Å². The van der Waals surface area contributed by atoms with Crippen LogP contribution in [0, 0.1) is 6.92 Å². The van der Waals surface area contributed by atoms with Crippen LogP contribution in [0.1, 0.15) is 17.1 Å². The topological polar surface area (TPSA) is 78.9 Å². The molecule has 0 aliphatic carbocycles. The molecular weight excluding hydrogens is 324 g/mol. The molecule has 0 saturated heterocycles. The van der Waals surface area contributed by atoms with E-state index in [9.17, 15) is 9.59 Å². The largest absolute Gasteiger partial charge is 0.497 e. The van der Waals surface area contributed by atoms with Gasteiger partial charge in [0.05, 0.1) is 7.11 Å². The first-order valence-corrected chi connectivity index (χ1v) is 7.57. The summed E-state index contributed by atoms with van der Waals surface area (Å²) in [5.41, 5.74) is 0.414. The minimum Gasteiger partial charge on any atom is -0.497 e. The van der Waals surface area contributed by atoms with Gasteiger partial charge in [-0.2, -0.15) is 0 Å². The summed E-state index contributed by atoms with van der Waals surface area (Å²) in [5, 5.41) is 0.679. The highest BCUT2D eigenvalue weighted by Crippen LogP contribution is 2.23. The monoisotopic (exact) mass is 340 g/mol. The predicted octanol–water partition coefficient (Wildman–Crippen LogP) is 3.46. The van der Waals surface area contributed by atoms with E-state index < -0.39 is 11.6 Å². The number of hydrogen-bond donors (Lipinski definition) is 0. The number of aryl methyl sites for hydroxylation is 1. The highest BCUT2D eigenvalue weighted by atomic mass is 16.5. The minimum atomic E-state index is -0.538. The average molecular weight is 340 g/mol. The standard InChI is InChI=1S/C19H16O6/c1-12-3-4-14(24-12)6-8-18(20)23-11-13-9-19(21)25-17-10-15(22-2)5-7-16(13)17/h3-10H,11H2,1-2H3. The second-order valence-corrected chi connectivity index (χ2v) is 5.34. The molecule has 0 N–H and O–H groups in total.